The Hall–Kier alpha value is -0.590. The fourth-order valence-electron chi connectivity index (χ4n) is 1.66. The van der Waals surface area contributed by atoms with E-state index >= 15 is 0 Å². The van der Waals surface area contributed by atoms with Gasteiger partial charge < -0.3 is 4.90 Å². The third-order valence-corrected chi connectivity index (χ3v) is 4.66. The maximum absolute atomic E-state index is 12.3. The number of nitrogens with zero attached hydrogens (tertiary/aromatic N) is 1. The summed E-state index contributed by atoms with van der Waals surface area (Å²) in [5.41, 5.74) is 0.303. The molecule has 0 aromatic heterocycles. The molecule has 1 aromatic rings. The number of benzene rings is 1. The minimum absolute atomic E-state index is 0.0757. The molecule has 1 rings (SSSR count). The lowest BCUT2D eigenvalue weighted by molar-refractivity contribution is 0.0763. The van der Waals surface area contributed by atoms with E-state index in [1.807, 2.05) is 13.8 Å². The van der Waals surface area contributed by atoms with Crippen LogP contribution in [0.3, 0.4) is 0 Å². The van der Waals surface area contributed by atoms with Crippen LogP contribution >= 0.6 is 26.6 Å². The zero-order valence-corrected chi connectivity index (χ0v) is 13.8. The van der Waals surface area contributed by atoms with Gasteiger partial charge in [-0.15, -0.1) is 0 Å². The van der Waals surface area contributed by atoms with Crippen LogP contribution in [0.15, 0.2) is 27.6 Å². The minimum Gasteiger partial charge on any atom is -0.339 e. The smallest absolute Gasteiger partial charge is 0.261 e. The van der Waals surface area contributed by atoms with E-state index in [0.717, 1.165) is 6.42 Å². The molecule has 7 heteroatoms. The minimum atomic E-state index is -3.84. The number of rotatable bonds is 5. The highest BCUT2D eigenvalue weighted by Crippen LogP contribution is 2.24. The van der Waals surface area contributed by atoms with Crippen molar-refractivity contribution in [3.8, 4) is 0 Å². The van der Waals surface area contributed by atoms with Crippen LogP contribution in [-0.2, 0) is 9.05 Å². The zero-order valence-electron chi connectivity index (χ0n) is 10.7. The van der Waals surface area contributed by atoms with Crippen LogP contribution in [0.1, 0.15) is 30.6 Å². The van der Waals surface area contributed by atoms with Crippen LogP contribution in [0.5, 0.6) is 0 Å². The van der Waals surface area contributed by atoms with Crippen LogP contribution < -0.4 is 0 Å². The average molecular weight is 369 g/mol. The van der Waals surface area contributed by atoms with Crippen LogP contribution in [0, 0.1) is 0 Å². The number of amides is 1. The first kappa shape index (κ1) is 16.5. The summed E-state index contributed by atoms with van der Waals surface area (Å²) in [6, 6.07) is 4.18. The van der Waals surface area contributed by atoms with Gasteiger partial charge in [0.2, 0.25) is 0 Å². The van der Waals surface area contributed by atoms with Crippen molar-refractivity contribution in [1.82, 2.24) is 4.90 Å². The highest BCUT2D eigenvalue weighted by atomic mass is 79.9. The molecule has 0 spiro atoms. The lowest BCUT2D eigenvalue weighted by atomic mass is 10.2. The van der Waals surface area contributed by atoms with Crippen molar-refractivity contribution in [2.24, 2.45) is 0 Å². The van der Waals surface area contributed by atoms with Crippen LogP contribution in [-0.4, -0.2) is 32.3 Å². The second kappa shape index (κ2) is 6.72. The van der Waals surface area contributed by atoms with Gasteiger partial charge in [-0.25, -0.2) is 8.42 Å². The number of halogens is 2. The topological polar surface area (TPSA) is 54.5 Å². The molecule has 0 aliphatic heterocycles. The third-order valence-electron chi connectivity index (χ3n) is 2.61. The molecule has 4 nitrogen and oxygen atoms in total. The van der Waals surface area contributed by atoms with Crippen molar-refractivity contribution in [3.05, 3.63) is 28.2 Å². The van der Waals surface area contributed by atoms with E-state index in [1.165, 1.54) is 18.2 Å². The van der Waals surface area contributed by atoms with E-state index in [4.69, 9.17) is 10.7 Å². The number of carbonyl (C=O) groups is 1. The molecule has 19 heavy (non-hydrogen) atoms. The van der Waals surface area contributed by atoms with Gasteiger partial charge in [0.1, 0.15) is 0 Å². The van der Waals surface area contributed by atoms with Gasteiger partial charge in [0, 0.05) is 28.2 Å². The van der Waals surface area contributed by atoms with Gasteiger partial charge in [0.25, 0.3) is 15.0 Å². The molecular weight excluding hydrogens is 354 g/mol. The van der Waals surface area contributed by atoms with E-state index in [-0.39, 0.29) is 10.8 Å². The number of hydrogen-bond donors (Lipinski definition) is 0. The van der Waals surface area contributed by atoms with Gasteiger partial charge in [-0.2, -0.15) is 0 Å². The van der Waals surface area contributed by atoms with E-state index in [0.29, 0.717) is 23.1 Å². The number of carbonyl (C=O) groups excluding carboxylic acids is 1. The summed E-state index contributed by atoms with van der Waals surface area (Å²) in [7, 11) is 1.45. The lowest BCUT2D eigenvalue weighted by Crippen LogP contribution is -2.31. The standard InChI is InChI=1S/C12H15BrClNO3S/c1-3-7-15(4-2)12(16)10-8-9(19(14,17)18)5-6-11(10)13/h5-6,8H,3-4,7H2,1-2H3. The highest BCUT2D eigenvalue weighted by molar-refractivity contribution is 9.10. The van der Waals surface area contributed by atoms with E-state index < -0.39 is 9.05 Å². The predicted octanol–water partition coefficient (Wildman–Crippen LogP) is 3.25. The fourth-order valence-corrected chi connectivity index (χ4v) is 2.86. The summed E-state index contributed by atoms with van der Waals surface area (Å²) in [4.78, 5) is 13.9. The second-order valence-corrected chi connectivity index (χ2v) is 7.38. The SMILES string of the molecule is CCCN(CC)C(=O)c1cc(S(=O)(=O)Cl)ccc1Br. The van der Waals surface area contributed by atoms with Crippen molar-refractivity contribution in [1.29, 1.82) is 0 Å². The van der Waals surface area contributed by atoms with E-state index in [9.17, 15) is 13.2 Å². The van der Waals surface area contributed by atoms with Gasteiger partial charge in [0.05, 0.1) is 10.5 Å². The molecule has 0 N–H and O–H groups in total. The normalized spacial score (nSPS) is 11.4. The average Bonchev–Trinajstić information content (AvgIpc) is 2.34. The summed E-state index contributed by atoms with van der Waals surface area (Å²) >= 11 is 3.26. The first-order valence-electron chi connectivity index (χ1n) is 5.84. The largest absolute Gasteiger partial charge is 0.339 e. The van der Waals surface area contributed by atoms with Crippen molar-refractivity contribution in [3.63, 3.8) is 0 Å². The van der Waals surface area contributed by atoms with Crippen molar-refractivity contribution in [2.75, 3.05) is 13.1 Å². The molecule has 1 amide bonds. The monoisotopic (exact) mass is 367 g/mol. The Balaban J connectivity index is 3.22. The Kier molecular flexibility index (Phi) is 5.82. The molecule has 0 saturated heterocycles. The van der Waals surface area contributed by atoms with E-state index in [2.05, 4.69) is 15.9 Å². The molecular formula is C12H15BrClNO3S. The van der Waals surface area contributed by atoms with Gasteiger partial charge in [-0.3, -0.25) is 4.79 Å². The Bertz CT molecular complexity index is 574. The zero-order chi connectivity index (χ0) is 14.6. The molecule has 1 aromatic carbocycles. The number of hydrogen-bond acceptors (Lipinski definition) is 3. The van der Waals surface area contributed by atoms with Crippen molar-refractivity contribution < 1.29 is 13.2 Å². The van der Waals surface area contributed by atoms with Crippen molar-refractivity contribution in [2.45, 2.75) is 25.2 Å². The van der Waals surface area contributed by atoms with Gasteiger partial charge >= 0.3 is 0 Å². The Morgan fingerprint density at radius 1 is 1.37 bits per heavy atom. The van der Waals surface area contributed by atoms with Crippen molar-refractivity contribution >= 4 is 41.6 Å². The molecule has 0 saturated carbocycles. The Labute approximate surface area is 126 Å². The molecule has 0 aliphatic rings. The Morgan fingerprint density at radius 2 is 2.00 bits per heavy atom. The Morgan fingerprint density at radius 3 is 2.47 bits per heavy atom. The van der Waals surface area contributed by atoms with E-state index in [1.54, 1.807) is 4.90 Å². The summed E-state index contributed by atoms with van der Waals surface area (Å²) in [6.45, 7) is 5.05. The quantitative estimate of drug-likeness (QED) is 0.750. The first-order valence-corrected chi connectivity index (χ1v) is 8.95. The summed E-state index contributed by atoms with van der Waals surface area (Å²) in [6.07, 6.45) is 0.838. The molecule has 0 bridgehead atoms. The van der Waals surface area contributed by atoms with Gasteiger partial charge in [-0.1, -0.05) is 6.92 Å². The second-order valence-electron chi connectivity index (χ2n) is 3.96. The third kappa shape index (κ3) is 4.19. The van der Waals surface area contributed by atoms with Crippen LogP contribution in [0.2, 0.25) is 0 Å². The predicted molar refractivity (Wildman–Crippen MR) is 79.0 cm³/mol. The lowest BCUT2D eigenvalue weighted by Gasteiger charge is -2.21. The maximum atomic E-state index is 12.3. The summed E-state index contributed by atoms with van der Waals surface area (Å²) in [5, 5.41) is 0. The van der Waals surface area contributed by atoms with Crippen LogP contribution in [0.25, 0.3) is 0 Å². The molecule has 0 unspecified atom stereocenters. The molecule has 0 atom stereocenters. The highest BCUT2D eigenvalue weighted by Gasteiger charge is 2.19. The summed E-state index contributed by atoms with van der Waals surface area (Å²) in [5.74, 6) is -0.210. The van der Waals surface area contributed by atoms with Gasteiger partial charge in [-0.05, 0) is 47.5 Å². The molecule has 0 radical (unpaired) electrons. The molecule has 0 fully saturated rings. The molecule has 0 heterocycles. The van der Waals surface area contributed by atoms with Crippen LogP contribution in [0.4, 0.5) is 0 Å². The first-order chi connectivity index (χ1) is 8.81. The fraction of sp³-hybridized carbons (Fsp3) is 0.417. The summed E-state index contributed by atoms with van der Waals surface area (Å²) < 4.78 is 23.2. The maximum Gasteiger partial charge on any atom is 0.261 e. The van der Waals surface area contributed by atoms with Gasteiger partial charge in [0.15, 0.2) is 0 Å². The molecule has 0 aliphatic carbocycles. The molecule has 106 valence electrons.